The van der Waals surface area contributed by atoms with Crippen LogP contribution in [0.4, 0.5) is 0 Å². The lowest BCUT2D eigenvalue weighted by atomic mass is 9.81. The van der Waals surface area contributed by atoms with E-state index >= 15 is 0 Å². The van der Waals surface area contributed by atoms with Crippen LogP contribution in [-0.4, -0.2) is 9.97 Å². The molecule has 0 amide bonds. The Morgan fingerprint density at radius 2 is 0.930 bits per heavy atom. The van der Waals surface area contributed by atoms with Crippen LogP contribution in [0.3, 0.4) is 0 Å². The molecule has 0 fully saturated rings. The Hall–Kier alpha value is -7.16. The average Bonchev–Trinajstić information content (AvgIpc) is 3.70. The molecule has 0 spiro atoms. The molecule has 2 heteroatoms. The van der Waals surface area contributed by atoms with Crippen molar-refractivity contribution >= 4 is 32.3 Å². The van der Waals surface area contributed by atoms with Crippen LogP contribution < -0.4 is 0 Å². The third-order valence-corrected chi connectivity index (χ3v) is 12.6. The fourth-order valence-corrected chi connectivity index (χ4v) is 9.69. The first-order valence-corrected chi connectivity index (χ1v) is 19.8. The monoisotopic (exact) mass is 724 g/mol. The molecule has 2 aliphatic carbocycles. The van der Waals surface area contributed by atoms with Gasteiger partial charge >= 0.3 is 0 Å². The summed E-state index contributed by atoms with van der Waals surface area (Å²) in [6.07, 6.45) is 0. The molecule has 0 bridgehead atoms. The summed E-state index contributed by atoms with van der Waals surface area (Å²) in [6.45, 7) is 4.70. The molecular weight excluding hydrogens is 689 g/mol. The summed E-state index contributed by atoms with van der Waals surface area (Å²) in [5, 5.41) is 7.56. The fourth-order valence-electron chi connectivity index (χ4n) is 9.69. The summed E-state index contributed by atoms with van der Waals surface area (Å²) in [5.41, 5.74) is 17.9. The molecule has 0 saturated heterocycles. The number of hydrogen-bond donors (Lipinski definition) is 0. The van der Waals surface area contributed by atoms with Crippen LogP contribution in [0.5, 0.6) is 0 Å². The SMILES string of the molecule is CC1(C)c2cc3ccccc3cc2-c2c(-c3cc(-c4ccc5cc(-c6ccc7c(c6)-c6cccc8cccc-7c68)ccc5c4)nc(-c4ccccc4)n3)cccc21. The number of rotatable bonds is 4. The molecule has 0 unspecified atom stereocenters. The van der Waals surface area contributed by atoms with E-state index in [1.54, 1.807) is 0 Å². The minimum atomic E-state index is -0.140. The van der Waals surface area contributed by atoms with Gasteiger partial charge in [-0.2, -0.15) is 0 Å². The van der Waals surface area contributed by atoms with Crippen molar-refractivity contribution < 1.29 is 0 Å². The molecule has 10 aromatic rings. The normalized spacial score (nSPS) is 13.2. The Kier molecular flexibility index (Phi) is 6.72. The second-order valence-corrected chi connectivity index (χ2v) is 16.2. The number of aromatic nitrogens is 2. The molecule has 9 aromatic carbocycles. The van der Waals surface area contributed by atoms with Crippen LogP contribution in [0.1, 0.15) is 25.0 Å². The maximum absolute atomic E-state index is 5.31. The van der Waals surface area contributed by atoms with Crippen molar-refractivity contribution in [1.29, 1.82) is 0 Å². The maximum Gasteiger partial charge on any atom is 0.160 e. The van der Waals surface area contributed by atoms with E-state index < -0.39 is 0 Å². The number of benzene rings is 9. The number of nitrogens with zero attached hydrogens (tertiary/aromatic N) is 2. The van der Waals surface area contributed by atoms with E-state index in [1.165, 1.54) is 88.0 Å². The highest BCUT2D eigenvalue weighted by Gasteiger charge is 2.37. The van der Waals surface area contributed by atoms with E-state index in [1.807, 2.05) is 6.07 Å². The predicted molar refractivity (Wildman–Crippen MR) is 238 cm³/mol. The van der Waals surface area contributed by atoms with Crippen LogP contribution in [0.2, 0.25) is 0 Å². The summed E-state index contributed by atoms with van der Waals surface area (Å²) < 4.78 is 0. The molecule has 0 radical (unpaired) electrons. The van der Waals surface area contributed by atoms with Crippen molar-refractivity contribution in [2.24, 2.45) is 0 Å². The van der Waals surface area contributed by atoms with E-state index in [0.717, 1.165) is 33.9 Å². The molecule has 2 nitrogen and oxygen atoms in total. The van der Waals surface area contributed by atoms with E-state index in [9.17, 15) is 0 Å². The number of hydrogen-bond acceptors (Lipinski definition) is 2. The topological polar surface area (TPSA) is 25.8 Å². The van der Waals surface area contributed by atoms with Crippen LogP contribution in [-0.2, 0) is 5.41 Å². The van der Waals surface area contributed by atoms with Crippen LogP contribution in [0.25, 0.3) is 111 Å². The summed E-state index contributed by atoms with van der Waals surface area (Å²) >= 11 is 0. The highest BCUT2D eigenvalue weighted by atomic mass is 14.9. The van der Waals surface area contributed by atoms with Crippen molar-refractivity contribution in [2.45, 2.75) is 19.3 Å². The first-order chi connectivity index (χ1) is 28.0. The molecule has 12 rings (SSSR count). The Labute approximate surface area is 331 Å². The van der Waals surface area contributed by atoms with E-state index in [4.69, 9.17) is 9.97 Å². The number of fused-ring (bicyclic) bond motifs is 8. The van der Waals surface area contributed by atoms with Crippen LogP contribution in [0.15, 0.2) is 182 Å². The van der Waals surface area contributed by atoms with Gasteiger partial charge in [0.1, 0.15) is 0 Å². The largest absolute Gasteiger partial charge is 0.228 e. The van der Waals surface area contributed by atoms with Gasteiger partial charge in [0.2, 0.25) is 0 Å². The van der Waals surface area contributed by atoms with Crippen LogP contribution in [0, 0.1) is 0 Å². The minimum absolute atomic E-state index is 0.140. The Morgan fingerprint density at radius 1 is 0.333 bits per heavy atom. The Balaban J connectivity index is 0.974. The van der Waals surface area contributed by atoms with Crippen molar-refractivity contribution in [3.05, 3.63) is 193 Å². The lowest BCUT2D eigenvalue weighted by Gasteiger charge is -2.22. The second-order valence-electron chi connectivity index (χ2n) is 16.2. The summed E-state index contributed by atoms with van der Waals surface area (Å²) in [4.78, 5) is 10.5. The molecule has 1 aromatic heterocycles. The highest BCUT2D eigenvalue weighted by molar-refractivity contribution is 6.15. The molecular formula is C55H36N2. The molecule has 0 aliphatic heterocycles. The summed E-state index contributed by atoms with van der Waals surface area (Å²) in [6, 6.07) is 66.5. The molecule has 1 heterocycles. The van der Waals surface area contributed by atoms with Crippen molar-refractivity contribution in [3.63, 3.8) is 0 Å². The standard InChI is InChI=1S/C55H36N2/c1-55(2)48-20-10-19-45(53(48)47-30-35-13-6-7-14-36(35)31-49(47)55)51-32-50(56-54(57-51)34-11-4-3-5-12-34)41-24-23-37-27-38(21-22-39(37)28-41)40-25-26-42-43-17-8-15-33-16-9-18-44(52(33)43)46(42)29-40/h3-32H,1-2H3. The Bertz CT molecular complexity index is 3310. The summed E-state index contributed by atoms with van der Waals surface area (Å²) in [7, 11) is 0. The van der Waals surface area contributed by atoms with Gasteiger partial charge in [0.05, 0.1) is 11.4 Å². The Morgan fingerprint density at radius 3 is 1.74 bits per heavy atom. The highest BCUT2D eigenvalue weighted by Crippen LogP contribution is 2.53. The smallest absolute Gasteiger partial charge is 0.160 e. The zero-order chi connectivity index (χ0) is 37.8. The first kappa shape index (κ1) is 32.1. The van der Waals surface area contributed by atoms with E-state index in [-0.39, 0.29) is 5.41 Å². The lowest BCUT2D eigenvalue weighted by Crippen LogP contribution is -2.14. The molecule has 0 N–H and O–H groups in total. The third-order valence-electron chi connectivity index (χ3n) is 12.6. The van der Waals surface area contributed by atoms with Gasteiger partial charge in [0.15, 0.2) is 5.82 Å². The molecule has 2 aliphatic rings. The first-order valence-electron chi connectivity index (χ1n) is 19.8. The van der Waals surface area contributed by atoms with E-state index in [2.05, 4.69) is 190 Å². The molecule has 0 saturated carbocycles. The van der Waals surface area contributed by atoms with Gasteiger partial charge in [-0.3, -0.25) is 0 Å². The van der Waals surface area contributed by atoms with Crippen LogP contribution >= 0.6 is 0 Å². The summed E-state index contributed by atoms with van der Waals surface area (Å²) in [5.74, 6) is 0.724. The van der Waals surface area contributed by atoms with Crippen molar-refractivity contribution in [3.8, 4) is 78.4 Å². The average molecular weight is 725 g/mol. The van der Waals surface area contributed by atoms with Crippen molar-refractivity contribution in [1.82, 2.24) is 9.97 Å². The predicted octanol–water partition coefficient (Wildman–Crippen LogP) is 14.6. The second kappa shape index (κ2) is 11.9. The zero-order valence-electron chi connectivity index (χ0n) is 31.7. The quantitative estimate of drug-likeness (QED) is 0.181. The lowest BCUT2D eigenvalue weighted by molar-refractivity contribution is 0.661. The van der Waals surface area contributed by atoms with Gasteiger partial charge in [-0.25, -0.2) is 9.97 Å². The van der Waals surface area contributed by atoms with Gasteiger partial charge < -0.3 is 0 Å². The third kappa shape index (κ3) is 4.84. The zero-order valence-corrected chi connectivity index (χ0v) is 31.7. The van der Waals surface area contributed by atoms with Gasteiger partial charge in [0.25, 0.3) is 0 Å². The van der Waals surface area contributed by atoms with E-state index in [0.29, 0.717) is 0 Å². The molecule has 266 valence electrons. The van der Waals surface area contributed by atoms with Crippen molar-refractivity contribution in [2.75, 3.05) is 0 Å². The van der Waals surface area contributed by atoms with Gasteiger partial charge in [0, 0.05) is 22.1 Å². The molecule has 0 atom stereocenters. The van der Waals surface area contributed by atoms with Gasteiger partial charge in [-0.1, -0.05) is 159 Å². The fraction of sp³-hybridized carbons (Fsp3) is 0.0545. The van der Waals surface area contributed by atoms with Gasteiger partial charge in [-0.05, 0) is 124 Å². The maximum atomic E-state index is 5.31. The minimum Gasteiger partial charge on any atom is -0.228 e. The van der Waals surface area contributed by atoms with Gasteiger partial charge in [-0.15, -0.1) is 0 Å². The molecule has 57 heavy (non-hydrogen) atoms.